The molecule has 0 spiro atoms. The predicted molar refractivity (Wildman–Crippen MR) is 77.1 cm³/mol. The Labute approximate surface area is 117 Å². The minimum atomic E-state index is -0.106. The van der Waals surface area contributed by atoms with Crippen molar-refractivity contribution in [3.05, 3.63) is 41.8 Å². The molecule has 1 heterocycles. The number of hydrogen-bond acceptors (Lipinski definition) is 4. The number of allylic oxidation sites excluding steroid dienone is 1. The third kappa shape index (κ3) is 3.32. The van der Waals surface area contributed by atoms with Gasteiger partial charge in [0.15, 0.2) is 0 Å². The SMILES string of the molecule is CC/C=C(/C)C(=O)Nc1cccc(-c2nnc(C)o2)c1. The lowest BCUT2D eigenvalue weighted by atomic mass is 10.2. The average molecular weight is 271 g/mol. The van der Waals surface area contributed by atoms with Gasteiger partial charge in [-0.15, -0.1) is 10.2 Å². The quantitative estimate of drug-likeness (QED) is 0.866. The minimum absolute atomic E-state index is 0.106. The average Bonchev–Trinajstić information content (AvgIpc) is 2.86. The Morgan fingerprint density at radius 2 is 2.20 bits per heavy atom. The summed E-state index contributed by atoms with van der Waals surface area (Å²) in [5.74, 6) is 0.848. The first-order chi connectivity index (χ1) is 9.60. The highest BCUT2D eigenvalue weighted by atomic mass is 16.4. The number of aryl methyl sites for hydroxylation is 1. The molecule has 0 atom stereocenters. The van der Waals surface area contributed by atoms with Crippen molar-refractivity contribution in [2.45, 2.75) is 27.2 Å². The molecule has 0 saturated carbocycles. The number of nitrogens with one attached hydrogen (secondary N) is 1. The lowest BCUT2D eigenvalue weighted by molar-refractivity contribution is -0.112. The van der Waals surface area contributed by atoms with Crippen LogP contribution in [0.3, 0.4) is 0 Å². The molecule has 20 heavy (non-hydrogen) atoms. The Kier molecular flexibility index (Phi) is 4.30. The van der Waals surface area contributed by atoms with E-state index in [-0.39, 0.29) is 5.91 Å². The molecule has 1 aromatic heterocycles. The van der Waals surface area contributed by atoms with Crippen LogP contribution in [0.25, 0.3) is 11.5 Å². The van der Waals surface area contributed by atoms with Crippen molar-refractivity contribution < 1.29 is 9.21 Å². The van der Waals surface area contributed by atoms with E-state index < -0.39 is 0 Å². The van der Waals surface area contributed by atoms with Crippen molar-refractivity contribution in [1.82, 2.24) is 10.2 Å². The molecule has 0 unspecified atom stereocenters. The Balaban J connectivity index is 2.18. The van der Waals surface area contributed by atoms with Gasteiger partial charge in [-0.1, -0.05) is 19.1 Å². The lowest BCUT2D eigenvalue weighted by Crippen LogP contribution is -2.12. The van der Waals surface area contributed by atoms with Gasteiger partial charge in [0.1, 0.15) is 0 Å². The van der Waals surface area contributed by atoms with Gasteiger partial charge in [0.25, 0.3) is 5.91 Å². The van der Waals surface area contributed by atoms with E-state index in [0.717, 1.165) is 12.0 Å². The molecule has 0 bridgehead atoms. The number of rotatable bonds is 4. The molecular formula is C15H17N3O2. The number of anilines is 1. The molecule has 0 fully saturated rings. The molecule has 2 rings (SSSR count). The van der Waals surface area contributed by atoms with Gasteiger partial charge in [-0.2, -0.15) is 0 Å². The maximum Gasteiger partial charge on any atom is 0.250 e. The van der Waals surface area contributed by atoms with Crippen molar-refractivity contribution in [2.75, 3.05) is 5.32 Å². The van der Waals surface area contributed by atoms with E-state index in [1.54, 1.807) is 13.8 Å². The zero-order chi connectivity index (χ0) is 14.5. The molecule has 1 aromatic carbocycles. The first-order valence-electron chi connectivity index (χ1n) is 6.48. The van der Waals surface area contributed by atoms with E-state index in [0.29, 0.717) is 23.0 Å². The third-order valence-corrected chi connectivity index (χ3v) is 2.76. The predicted octanol–water partition coefficient (Wildman–Crippen LogP) is 3.34. The second kappa shape index (κ2) is 6.14. The molecule has 0 saturated heterocycles. The van der Waals surface area contributed by atoms with Crippen LogP contribution in [0, 0.1) is 6.92 Å². The summed E-state index contributed by atoms with van der Waals surface area (Å²) in [6.45, 7) is 5.53. The van der Waals surface area contributed by atoms with Crippen molar-refractivity contribution in [3.8, 4) is 11.5 Å². The minimum Gasteiger partial charge on any atom is -0.421 e. The largest absolute Gasteiger partial charge is 0.421 e. The second-order valence-corrected chi connectivity index (χ2v) is 4.46. The van der Waals surface area contributed by atoms with Gasteiger partial charge in [-0.05, 0) is 31.5 Å². The van der Waals surface area contributed by atoms with Crippen molar-refractivity contribution >= 4 is 11.6 Å². The van der Waals surface area contributed by atoms with E-state index in [2.05, 4.69) is 15.5 Å². The molecule has 0 aliphatic heterocycles. The van der Waals surface area contributed by atoms with Gasteiger partial charge < -0.3 is 9.73 Å². The van der Waals surface area contributed by atoms with Gasteiger partial charge in [-0.3, -0.25) is 4.79 Å². The molecule has 2 aromatic rings. The number of nitrogens with zero attached hydrogens (tertiary/aromatic N) is 2. The Morgan fingerprint density at radius 3 is 2.85 bits per heavy atom. The highest BCUT2D eigenvalue weighted by Gasteiger charge is 2.08. The summed E-state index contributed by atoms with van der Waals surface area (Å²) >= 11 is 0. The van der Waals surface area contributed by atoms with Crippen LogP contribution in [0.15, 0.2) is 40.3 Å². The zero-order valence-electron chi connectivity index (χ0n) is 11.8. The summed E-state index contributed by atoms with van der Waals surface area (Å²) in [4.78, 5) is 11.9. The number of carbonyl (C=O) groups excluding carboxylic acids is 1. The standard InChI is InChI=1S/C15H17N3O2/c1-4-6-10(2)14(19)16-13-8-5-7-12(9-13)15-18-17-11(3)20-15/h5-9H,4H2,1-3H3,(H,16,19)/b10-6-. The van der Waals surface area contributed by atoms with Crippen LogP contribution in [-0.2, 0) is 4.79 Å². The number of hydrogen-bond donors (Lipinski definition) is 1. The number of carbonyl (C=O) groups is 1. The molecule has 104 valence electrons. The molecule has 0 aliphatic carbocycles. The van der Waals surface area contributed by atoms with Crippen molar-refractivity contribution in [2.24, 2.45) is 0 Å². The highest BCUT2D eigenvalue weighted by molar-refractivity contribution is 6.03. The Morgan fingerprint density at radius 1 is 1.40 bits per heavy atom. The normalized spacial score (nSPS) is 11.4. The van der Waals surface area contributed by atoms with Gasteiger partial charge in [0.05, 0.1) is 0 Å². The summed E-state index contributed by atoms with van der Waals surface area (Å²) in [5, 5.41) is 10.6. The van der Waals surface area contributed by atoms with E-state index in [1.165, 1.54) is 0 Å². The maximum absolute atomic E-state index is 11.9. The lowest BCUT2D eigenvalue weighted by Gasteiger charge is -2.06. The summed E-state index contributed by atoms with van der Waals surface area (Å²) < 4.78 is 5.37. The molecule has 5 heteroatoms. The number of aromatic nitrogens is 2. The molecular weight excluding hydrogens is 254 g/mol. The summed E-state index contributed by atoms with van der Waals surface area (Å²) in [5.41, 5.74) is 2.18. The van der Waals surface area contributed by atoms with Crippen LogP contribution in [0.4, 0.5) is 5.69 Å². The fraction of sp³-hybridized carbons (Fsp3) is 0.267. The van der Waals surface area contributed by atoms with Gasteiger partial charge in [0.2, 0.25) is 11.8 Å². The second-order valence-electron chi connectivity index (χ2n) is 4.46. The van der Waals surface area contributed by atoms with Gasteiger partial charge >= 0.3 is 0 Å². The van der Waals surface area contributed by atoms with Crippen LogP contribution in [0.2, 0.25) is 0 Å². The number of benzene rings is 1. The smallest absolute Gasteiger partial charge is 0.250 e. The van der Waals surface area contributed by atoms with Gasteiger partial charge in [-0.25, -0.2) is 0 Å². The van der Waals surface area contributed by atoms with E-state index in [4.69, 9.17) is 4.42 Å². The van der Waals surface area contributed by atoms with Crippen LogP contribution >= 0.6 is 0 Å². The number of amides is 1. The van der Waals surface area contributed by atoms with Crippen LogP contribution in [-0.4, -0.2) is 16.1 Å². The molecule has 1 N–H and O–H groups in total. The molecule has 0 aliphatic rings. The third-order valence-electron chi connectivity index (χ3n) is 2.76. The van der Waals surface area contributed by atoms with E-state index in [1.807, 2.05) is 37.3 Å². The van der Waals surface area contributed by atoms with Crippen LogP contribution < -0.4 is 5.32 Å². The van der Waals surface area contributed by atoms with Crippen LogP contribution in [0.5, 0.6) is 0 Å². The summed E-state index contributed by atoms with van der Waals surface area (Å²) in [6, 6.07) is 7.33. The van der Waals surface area contributed by atoms with Crippen molar-refractivity contribution in [1.29, 1.82) is 0 Å². The molecule has 1 amide bonds. The summed E-state index contributed by atoms with van der Waals surface area (Å²) in [7, 11) is 0. The monoisotopic (exact) mass is 271 g/mol. The molecule has 0 radical (unpaired) electrons. The molecule has 5 nitrogen and oxygen atoms in total. The Bertz CT molecular complexity index is 644. The van der Waals surface area contributed by atoms with Gasteiger partial charge in [0, 0.05) is 23.7 Å². The fourth-order valence-corrected chi connectivity index (χ4v) is 1.77. The Hall–Kier alpha value is -2.43. The van der Waals surface area contributed by atoms with E-state index >= 15 is 0 Å². The first-order valence-corrected chi connectivity index (χ1v) is 6.48. The fourth-order valence-electron chi connectivity index (χ4n) is 1.77. The maximum atomic E-state index is 11.9. The first kappa shape index (κ1) is 14.0. The summed E-state index contributed by atoms with van der Waals surface area (Å²) in [6.07, 6.45) is 2.72. The highest BCUT2D eigenvalue weighted by Crippen LogP contribution is 2.21. The van der Waals surface area contributed by atoms with E-state index in [9.17, 15) is 4.79 Å². The zero-order valence-corrected chi connectivity index (χ0v) is 11.8. The van der Waals surface area contributed by atoms with Crippen LogP contribution in [0.1, 0.15) is 26.2 Å². The topological polar surface area (TPSA) is 68.0 Å². The van der Waals surface area contributed by atoms with Crippen molar-refractivity contribution in [3.63, 3.8) is 0 Å².